The van der Waals surface area contributed by atoms with Crippen molar-refractivity contribution in [2.45, 2.75) is 14.5 Å². The molecule has 1 aromatic rings. The van der Waals surface area contributed by atoms with Gasteiger partial charge in [0.2, 0.25) is 0 Å². The van der Waals surface area contributed by atoms with E-state index in [1.165, 1.54) is 12.1 Å². The van der Waals surface area contributed by atoms with Crippen LogP contribution in [0, 0.1) is 0 Å². The molecule has 0 aliphatic rings. The Balaban J connectivity index is 2.74. The van der Waals surface area contributed by atoms with Crippen molar-refractivity contribution in [3.05, 3.63) is 24.3 Å². The van der Waals surface area contributed by atoms with Gasteiger partial charge in [-0.1, -0.05) is 0 Å². The Hall–Kier alpha value is 0.180. The van der Waals surface area contributed by atoms with Crippen molar-refractivity contribution in [3.63, 3.8) is 0 Å². The van der Waals surface area contributed by atoms with E-state index in [-0.39, 0.29) is 16.7 Å². The molecule has 1 aromatic carbocycles. The second-order valence-corrected chi connectivity index (χ2v) is 11.3. The van der Waals surface area contributed by atoms with Gasteiger partial charge in [-0.25, -0.2) is 0 Å². The van der Waals surface area contributed by atoms with Gasteiger partial charge in [-0.15, -0.1) is 23.5 Å². The molecule has 0 aliphatic heterocycles. The lowest BCUT2D eigenvalue weighted by molar-refractivity contribution is -0.326. The van der Waals surface area contributed by atoms with Crippen molar-refractivity contribution in [1.29, 1.82) is 0 Å². The highest BCUT2D eigenvalue weighted by Crippen LogP contribution is 2.57. The first-order chi connectivity index (χ1) is 10.00. The summed E-state index contributed by atoms with van der Waals surface area (Å²) in [5.74, 6) is 0.856. The third-order valence-electron chi connectivity index (χ3n) is 2.41. The van der Waals surface area contributed by atoms with Crippen LogP contribution >= 0.6 is 38.7 Å². The topological polar surface area (TPSA) is 130 Å². The highest BCUT2D eigenvalue weighted by Gasteiger charge is 2.18. The molecule has 0 aromatic heterocycles. The predicted molar refractivity (Wildman–Crippen MR) is 80.6 cm³/mol. The number of thioether (sulfide) groups is 2. The molecular weight excluding hydrogens is 368 g/mol. The molecule has 0 amide bonds. The van der Waals surface area contributed by atoms with E-state index in [1.807, 2.05) is 19.0 Å². The maximum Gasteiger partial charge on any atom is 0.0644 e. The number of rotatable bonds is 8. The lowest BCUT2D eigenvalue weighted by Gasteiger charge is -2.48. The molecule has 0 saturated heterocycles. The molecule has 0 saturated carbocycles. The van der Waals surface area contributed by atoms with Gasteiger partial charge >= 0.3 is 0 Å². The van der Waals surface area contributed by atoms with Gasteiger partial charge < -0.3 is 33.6 Å². The monoisotopic (exact) mass is 383 g/mol. The van der Waals surface area contributed by atoms with Crippen LogP contribution in [0.1, 0.15) is 0 Å². The average molecular weight is 383 g/mol. The van der Waals surface area contributed by atoms with Gasteiger partial charge in [0.25, 0.3) is 0 Å². The number of benzene rings is 1. The fraction of sp³-hybridized carbons (Fsp3) is 0.455. The molecule has 22 heavy (non-hydrogen) atoms. The van der Waals surface area contributed by atoms with Crippen LogP contribution in [0.25, 0.3) is 0 Å². The van der Waals surface area contributed by atoms with Crippen molar-refractivity contribution in [3.8, 4) is 0 Å². The fourth-order valence-corrected chi connectivity index (χ4v) is 6.09. The SMILES string of the molecule is CN(C)CCSc1ccc(SC(P(=O)([O-])[O-])P(=O)([O-])[O-])cc1. The molecule has 1 rings (SSSR count). The first kappa shape index (κ1) is 20.2. The van der Waals surface area contributed by atoms with Crippen LogP contribution < -0.4 is 19.6 Å². The van der Waals surface area contributed by atoms with E-state index in [1.54, 1.807) is 23.9 Å². The Morgan fingerprint density at radius 3 is 1.86 bits per heavy atom. The summed E-state index contributed by atoms with van der Waals surface area (Å²) in [6.45, 7) is 0.883. The van der Waals surface area contributed by atoms with Crippen molar-refractivity contribution in [2.24, 2.45) is 0 Å². The molecule has 0 fully saturated rings. The first-order valence-electron chi connectivity index (χ1n) is 6.08. The largest absolute Gasteiger partial charge is 0.810 e. The van der Waals surface area contributed by atoms with Gasteiger partial charge in [0.1, 0.15) is 0 Å². The van der Waals surface area contributed by atoms with Gasteiger partial charge in [-0.05, 0) is 53.6 Å². The Labute approximate surface area is 137 Å². The van der Waals surface area contributed by atoms with Crippen LogP contribution in [0.3, 0.4) is 0 Å². The van der Waals surface area contributed by atoms with Gasteiger partial charge in [0.15, 0.2) is 0 Å². The summed E-state index contributed by atoms with van der Waals surface area (Å²) in [5.41, 5.74) is 0. The van der Waals surface area contributed by atoms with Crippen molar-refractivity contribution < 1.29 is 28.7 Å². The zero-order valence-corrected chi connectivity index (χ0v) is 15.3. The van der Waals surface area contributed by atoms with Crippen LogP contribution in [-0.2, 0) is 9.13 Å². The van der Waals surface area contributed by atoms with E-state index in [2.05, 4.69) is 0 Å². The third-order valence-corrected chi connectivity index (χ3v) is 9.12. The second-order valence-electron chi connectivity index (χ2n) is 4.65. The fourth-order valence-electron chi connectivity index (χ4n) is 1.38. The van der Waals surface area contributed by atoms with Crippen LogP contribution in [0.2, 0.25) is 0 Å². The molecule has 0 unspecified atom stereocenters. The van der Waals surface area contributed by atoms with Crippen LogP contribution in [-0.4, -0.2) is 36.0 Å². The second kappa shape index (κ2) is 8.33. The molecule has 7 nitrogen and oxygen atoms in total. The Morgan fingerprint density at radius 1 is 1.00 bits per heavy atom. The minimum Gasteiger partial charge on any atom is -0.810 e. The van der Waals surface area contributed by atoms with Gasteiger partial charge in [-0.2, -0.15) is 0 Å². The molecule has 0 bridgehead atoms. The quantitative estimate of drug-likeness (QED) is 0.432. The summed E-state index contributed by atoms with van der Waals surface area (Å²) in [6.07, 6.45) is 0. The van der Waals surface area contributed by atoms with Crippen molar-refractivity contribution >= 4 is 38.7 Å². The highest BCUT2D eigenvalue weighted by molar-refractivity contribution is 8.11. The normalized spacial score (nSPS) is 13.1. The lowest BCUT2D eigenvalue weighted by atomic mass is 10.4. The first-order valence-corrected chi connectivity index (χ1v) is 11.2. The maximum atomic E-state index is 10.9. The summed E-state index contributed by atoms with van der Waals surface area (Å²) in [6, 6.07) is 6.34. The summed E-state index contributed by atoms with van der Waals surface area (Å²) in [7, 11) is -7.17. The summed E-state index contributed by atoms with van der Waals surface area (Å²) >= 11 is 1.83. The minimum absolute atomic E-state index is 0.237. The molecule has 126 valence electrons. The van der Waals surface area contributed by atoms with Crippen LogP contribution in [0.15, 0.2) is 34.1 Å². The van der Waals surface area contributed by atoms with Gasteiger partial charge in [0, 0.05) is 22.1 Å². The summed E-state index contributed by atoms with van der Waals surface area (Å²) < 4.78 is 19.3. The standard InChI is InChI=1S/C11H19NO6P2S2/c1-12(2)7-8-21-9-3-5-10(6-4-9)22-11(19(13,14)15)20(16,17)18/h3-6,11H,7-8H2,1-2H3,(H2,13,14,15)(H2,16,17,18)/p-4. The van der Waals surface area contributed by atoms with E-state index in [0.717, 1.165) is 17.2 Å². The molecule has 0 N–H and O–H groups in total. The number of hydrogen-bond acceptors (Lipinski definition) is 9. The van der Waals surface area contributed by atoms with E-state index < -0.39 is 19.9 Å². The zero-order valence-electron chi connectivity index (χ0n) is 11.9. The van der Waals surface area contributed by atoms with Crippen LogP contribution in [0.5, 0.6) is 0 Å². The third kappa shape index (κ3) is 7.17. The smallest absolute Gasteiger partial charge is 0.0644 e. The van der Waals surface area contributed by atoms with Gasteiger partial charge in [-0.3, -0.25) is 0 Å². The Morgan fingerprint density at radius 2 is 1.45 bits per heavy atom. The van der Waals surface area contributed by atoms with Crippen LogP contribution in [0.4, 0.5) is 0 Å². The van der Waals surface area contributed by atoms with E-state index in [0.29, 0.717) is 0 Å². The van der Waals surface area contributed by atoms with E-state index in [4.69, 9.17) is 0 Å². The Bertz CT molecular complexity index is 548. The lowest BCUT2D eigenvalue weighted by Crippen LogP contribution is -2.31. The molecule has 0 spiro atoms. The maximum absolute atomic E-state index is 10.9. The highest BCUT2D eigenvalue weighted by atomic mass is 32.2. The molecule has 0 aliphatic carbocycles. The summed E-state index contributed by atoms with van der Waals surface area (Å²) in [5, 5.41) is 0. The van der Waals surface area contributed by atoms with E-state index >= 15 is 0 Å². The average Bonchev–Trinajstić information content (AvgIpc) is 2.34. The molecule has 0 atom stereocenters. The van der Waals surface area contributed by atoms with E-state index in [9.17, 15) is 28.7 Å². The zero-order chi connectivity index (χ0) is 17.0. The van der Waals surface area contributed by atoms with Crippen molar-refractivity contribution in [1.82, 2.24) is 4.90 Å². The Kier molecular flexibility index (Phi) is 7.66. The van der Waals surface area contributed by atoms with Crippen molar-refractivity contribution in [2.75, 3.05) is 26.4 Å². The number of nitrogens with zero attached hydrogens (tertiary/aromatic N) is 1. The minimum atomic E-state index is -5.54. The summed E-state index contributed by atoms with van der Waals surface area (Å²) in [4.78, 5) is 46.9. The van der Waals surface area contributed by atoms with Gasteiger partial charge in [0.05, 0.1) is 4.73 Å². The molecule has 11 heteroatoms. The molecular formula is C11H15NO6P2S2-4. The predicted octanol–water partition coefficient (Wildman–Crippen LogP) is -0.457. The molecule has 0 heterocycles. The molecule has 0 radical (unpaired) electrons. The number of hydrogen-bond donors (Lipinski definition) is 0.